The lowest BCUT2D eigenvalue weighted by atomic mass is 9.84. The van der Waals surface area contributed by atoms with Gasteiger partial charge in [0.05, 0.1) is 11.2 Å². The number of hydrogen-bond donors (Lipinski definition) is 3. The van der Waals surface area contributed by atoms with Gasteiger partial charge < -0.3 is 16.4 Å². The molecule has 0 spiro atoms. The van der Waals surface area contributed by atoms with E-state index < -0.39 is 5.82 Å². The van der Waals surface area contributed by atoms with E-state index in [1.54, 1.807) is 12.3 Å². The van der Waals surface area contributed by atoms with Gasteiger partial charge in [-0.3, -0.25) is 0 Å². The summed E-state index contributed by atoms with van der Waals surface area (Å²) in [7, 11) is 0. The molecule has 152 valence electrons. The monoisotopic (exact) mass is 415 g/mol. The molecular formula is C20H23ClFN7. The maximum atomic E-state index is 13.4. The Balaban J connectivity index is 1.46. The zero-order valence-electron chi connectivity index (χ0n) is 15.9. The van der Waals surface area contributed by atoms with Gasteiger partial charge >= 0.3 is 0 Å². The Labute approximate surface area is 173 Å². The van der Waals surface area contributed by atoms with Gasteiger partial charge in [-0.2, -0.15) is 0 Å². The highest BCUT2D eigenvalue weighted by molar-refractivity contribution is 6.31. The number of fused-ring (bicyclic) bond motifs is 1. The van der Waals surface area contributed by atoms with Gasteiger partial charge in [-0.05, 0) is 56.2 Å². The van der Waals surface area contributed by atoms with E-state index in [0.29, 0.717) is 40.4 Å². The predicted molar refractivity (Wildman–Crippen MR) is 113 cm³/mol. The first-order chi connectivity index (χ1) is 14.1. The van der Waals surface area contributed by atoms with Gasteiger partial charge in [-0.25, -0.2) is 24.3 Å². The molecule has 0 radical (unpaired) electrons. The van der Waals surface area contributed by atoms with Crippen molar-refractivity contribution in [2.24, 2.45) is 11.7 Å². The minimum absolute atomic E-state index is 0.0361. The smallest absolute Gasteiger partial charge is 0.223 e. The van der Waals surface area contributed by atoms with Crippen molar-refractivity contribution in [2.75, 3.05) is 17.2 Å². The Morgan fingerprint density at radius 3 is 2.76 bits per heavy atom. The Morgan fingerprint density at radius 2 is 1.97 bits per heavy atom. The Morgan fingerprint density at radius 1 is 1.14 bits per heavy atom. The average molecular weight is 416 g/mol. The van der Waals surface area contributed by atoms with Crippen molar-refractivity contribution in [2.45, 2.75) is 38.1 Å². The second-order valence-corrected chi connectivity index (χ2v) is 7.81. The normalized spacial score (nSPS) is 19.3. The number of benzene rings is 1. The van der Waals surface area contributed by atoms with Crippen LogP contribution in [0.2, 0.25) is 5.02 Å². The first-order valence-corrected chi connectivity index (χ1v) is 10.2. The van der Waals surface area contributed by atoms with Gasteiger partial charge in [0.15, 0.2) is 5.82 Å². The van der Waals surface area contributed by atoms with Crippen molar-refractivity contribution in [1.29, 1.82) is 0 Å². The molecular weight excluding hydrogens is 393 g/mol. The average Bonchev–Trinajstić information content (AvgIpc) is 2.73. The van der Waals surface area contributed by atoms with Crippen LogP contribution in [0.5, 0.6) is 0 Å². The second-order valence-electron chi connectivity index (χ2n) is 7.40. The van der Waals surface area contributed by atoms with Crippen LogP contribution in [0.3, 0.4) is 0 Å². The topological polar surface area (TPSA) is 102 Å². The van der Waals surface area contributed by atoms with Gasteiger partial charge in [0, 0.05) is 18.3 Å². The molecule has 4 N–H and O–H groups in total. The molecule has 7 nitrogen and oxygen atoms in total. The maximum absolute atomic E-state index is 13.4. The van der Waals surface area contributed by atoms with Crippen LogP contribution >= 0.6 is 11.6 Å². The quantitative estimate of drug-likeness (QED) is 0.552. The molecule has 9 heteroatoms. The second kappa shape index (κ2) is 8.84. The SMILES string of the molecule is NC1CCC(CCNc2ncc3ncnc(Nc4ccc(F)c(Cl)c4)c3n2)CC1. The summed E-state index contributed by atoms with van der Waals surface area (Å²) in [5.74, 6) is 1.26. The number of halogens is 2. The van der Waals surface area contributed by atoms with Crippen molar-refractivity contribution < 1.29 is 4.39 Å². The van der Waals surface area contributed by atoms with E-state index in [1.165, 1.54) is 31.3 Å². The summed E-state index contributed by atoms with van der Waals surface area (Å²) in [6.07, 6.45) is 8.74. The van der Waals surface area contributed by atoms with E-state index in [0.717, 1.165) is 25.8 Å². The molecule has 0 amide bonds. The summed E-state index contributed by atoms with van der Waals surface area (Å²) in [5, 5.41) is 6.45. The van der Waals surface area contributed by atoms with E-state index in [1.807, 2.05) is 0 Å². The largest absolute Gasteiger partial charge is 0.354 e. The Kier molecular flexibility index (Phi) is 6.01. The van der Waals surface area contributed by atoms with Crippen molar-refractivity contribution in [1.82, 2.24) is 19.9 Å². The van der Waals surface area contributed by atoms with Gasteiger partial charge in [-0.1, -0.05) is 11.6 Å². The third-order valence-electron chi connectivity index (χ3n) is 5.29. The summed E-state index contributed by atoms with van der Waals surface area (Å²) >= 11 is 5.86. The maximum Gasteiger partial charge on any atom is 0.223 e. The molecule has 1 aromatic carbocycles. The van der Waals surface area contributed by atoms with E-state index in [9.17, 15) is 4.39 Å². The molecule has 1 aliphatic carbocycles. The number of aromatic nitrogens is 4. The molecule has 1 saturated carbocycles. The summed E-state index contributed by atoms with van der Waals surface area (Å²) in [6.45, 7) is 0.801. The lowest BCUT2D eigenvalue weighted by Crippen LogP contribution is -2.27. The number of anilines is 3. The van der Waals surface area contributed by atoms with Gasteiger partial charge in [-0.15, -0.1) is 0 Å². The molecule has 2 heterocycles. The van der Waals surface area contributed by atoms with Crippen molar-refractivity contribution in [3.05, 3.63) is 41.6 Å². The molecule has 0 bridgehead atoms. The lowest BCUT2D eigenvalue weighted by Gasteiger charge is -2.25. The molecule has 3 aromatic rings. The molecule has 4 rings (SSSR count). The van der Waals surface area contributed by atoms with E-state index in [-0.39, 0.29) is 5.02 Å². The molecule has 0 atom stereocenters. The molecule has 1 fully saturated rings. The fraction of sp³-hybridized carbons (Fsp3) is 0.400. The summed E-state index contributed by atoms with van der Waals surface area (Å²) in [4.78, 5) is 17.4. The van der Waals surface area contributed by atoms with Gasteiger partial charge in [0.25, 0.3) is 0 Å². The Hall–Kier alpha value is -2.58. The highest BCUT2D eigenvalue weighted by Gasteiger charge is 2.18. The predicted octanol–water partition coefficient (Wildman–Crippen LogP) is 4.28. The van der Waals surface area contributed by atoms with Crippen LogP contribution in [-0.4, -0.2) is 32.5 Å². The van der Waals surface area contributed by atoms with Crippen LogP contribution in [0.4, 0.5) is 21.8 Å². The van der Waals surface area contributed by atoms with Crippen LogP contribution in [-0.2, 0) is 0 Å². The summed E-state index contributed by atoms with van der Waals surface area (Å²) in [5.41, 5.74) is 7.78. The molecule has 1 aliphatic rings. The van der Waals surface area contributed by atoms with E-state index in [4.69, 9.17) is 17.3 Å². The fourth-order valence-corrected chi connectivity index (χ4v) is 3.79. The van der Waals surface area contributed by atoms with Gasteiger partial charge in [0.1, 0.15) is 23.2 Å². The third kappa shape index (κ3) is 4.89. The van der Waals surface area contributed by atoms with E-state index in [2.05, 4.69) is 30.6 Å². The lowest BCUT2D eigenvalue weighted by molar-refractivity contribution is 0.316. The number of nitrogens with zero attached hydrogens (tertiary/aromatic N) is 4. The molecule has 0 unspecified atom stereocenters. The van der Waals surface area contributed by atoms with Crippen LogP contribution in [0.15, 0.2) is 30.7 Å². The van der Waals surface area contributed by atoms with Crippen molar-refractivity contribution in [3.8, 4) is 0 Å². The van der Waals surface area contributed by atoms with Gasteiger partial charge in [0.2, 0.25) is 5.95 Å². The Bertz CT molecular complexity index is 992. The first-order valence-electron chi connectivity index (χ1n) is 9.78. The highest BCUT2D eigenvalue weighted by atomic mass is 35.5. The summed E-state index contributed by atoms with van der Waals surface area (Å²) < 4.78 is 13.4. The fourth-order valence-electron chi connectivity index (χ4n) is 3.61. The minimum atomic E-state index is -0.474. The van der Waals surface area contributed by atoms with Crippen LogP contribution < -0.4 is 16.4 Å². The minimum Gasteiger partial charge on any atom is -0.354 e. The van der Waals surface area contributed by atoms with Crippen molar-refractivity contribution in [3.63, 3.8) is 0 Å². The zero-order chi connectivity index (χ0) is 20.2. The molecule has 0 saturated heterocycles. The molecule has 0 aliphatic heterocycles. The first kappa shape index (κ1) is 19.7. The summed E-state index contributed by atoms with van der Waals surface area (Å²) in [6, 6.07) is 4.76. The van der Waals surface area contributed by atoms with Crippen molar-refractivity contribution >= 4 is 40.1 Å². The van der Waals surface area contributed by atoms with Crippen LogP contribution in [0.1, 0.15) is 32.1 Å². The molecule has 29 heavy (non-hydrogen) atoms. The van der Waals surface area contributed by atoms with Crippen LogP contribution in [0.25, 0.3) is 11.0 Å². The van der Waals surface area contributed by atoms with Crippen LogP contribution in [0, 0.1) is 11.7 Å². The number of hydrogen-bond acceptors (Lipinski definition) is 7. The third-order valence-corrected chi connectivity index (χ3v) is 5.58. The number of nitrogens with two attached hydrogens (primary N) is 1. The number of nitrogens with one attached hydrogen (secondary N) is 2. The standard InChI is InChI=1S/C20H23ClFN7/c21-15-9-14(5-6-16(15)22)28-19-18-17(26-11-27-19)10-25-20(29-18)24-8-7-12-1-3-13(23)4-2-12/h5-6,9-13H,1-4,7-8,23H2,(H,24,25,29)(H,26,27,28). The van der Waals surface area contributed by atoms with E-state index >= 15 is 0 Å². The number of rotatable bonds is 6. The zero-order valence-corrected chi connectivity index (χ0v) is 16.7. The molecule has 2 aromatic heterocycles. The highest BCUT2D eigenvalue weighted by Crippen LogP contribution is 2.27.